The summed E-state index contributed by atoms with van der Waals surface area (Å²) in [5, 5.41) is 7.12. The Morgan fingerprint density at radius 2 is 2.07 bits per heavy atom. The number of aliphatic imine (C=N–C) groups is 1. The highest BCUT2D eigenvalue weighted by molar-refractivity contribution is 7.85. The zero-order chi connectivity index (χ0) is 21.3. The largest absolute Gasteiger partial charge is 0.356 e. The molecular formula is C23H36N4O2S. The number of carbonyl (C=O) groups is 1. The summed E-state index contributed by atoms with van der Waals surface area (Å²) in [7, 11) is 1.05. The second kappa shape index (κ2) is 11.5. The minimum Gasteiger partial charge on any atom is -0.356 e. The third-order valence-electron chi connectivity index (χ3n) is 6.19. The number of benzene rings is 1. The highest BCUT2D eigenvalue weighted by Gasteiger charge is 2.26. The van der Waals surface area contributed by atoms with Crippen LogP contribution in [0.3, 0.4) is 0 Å². The van der Waals surface area contributed by atoms with Crippen molar-refractivity contribution in [3.8, 4) is 0 Å². The summed E-state index contributed by atoms with van der Waals surface area (Å²) in [4.78, 5) is 18.9. The lowest BCUT2D eigenvalue weighted by Gasteiger charge is -2.30. The number of amides is 1. The van der Waals surface area contributed by atoms with E-state index in [2.05, 4.69) is 33.8 Å². The Morgan fingerprint density at radius 1 is 1.27 bits per heavy atom. The lowest BCUT2D eigenvalue weighted by molar-refractivity contribution is -0.132. The van der Waals surface area contributed by atoms with Crippen molar-refractivity contribution in [2.45, 2.75) is 69.7 Å². The number of nitrogens with one attached hydrogen (secondary N) is 2. The quantitative estimate of drug-likeness (QED) is 0.395. The molecule has 0 aromatic heterocycles. The molecule has 1 saturated carbocycles. The molecule has 30 heavy (non-hydrogen) atoms. The summed E-state index contributed by atoms with van der Waals surface area (Å²) in [5.41, 5.74) is 2.64. The van der Waals surface area contributed by atoms with Crippen molar-refractivity contribution in [2.75, 3.05) is 25.9 Å². The minimum absolute atomic E-state index is 0.228. The van der Waals surface area contributed by atoms with Gasteiger partial charge in [-0.05, 0) is 43.2 Å². The normalized spacial score (nSPS) is 22.9. The van der Waals surface area contributed by atoms with Gasteiger partial charge in [-0.3, -0.25) is 14.0 Å². The van der Waals surface area contributed by atoms with Crippen LogP contribution in [0.2, 0.25) is 0 Å². The molecule has 2 N–H and O–H groups in total. The van der Waals surface area contributed by atoms with Crippen LogP contribution >= 0.6 is 0 Å². The van der Waals surface area contributed by atoms with Crippen molar-refractivity contribution >= 4 is 22.7 Å². The Bertz CT molecular complexity index is 767. The zero-order valence-electron chi connectivity index (χ0n) is 18.4. The molecule has 3 atom stereocenters. The van der Waals surface area contributed by atoms with E-state index in [0.29, 0.717) is 24.3 Å². The summed E-state index contributed by atoms with van der Waals surface area (Å²) in [6, 6.07) is 8.72. The maximum Gasteiger partial charge on any atom is 0.222 e. The van der Waals surface area contributed by atoms with Gasteiger partial charge in [0.15, 0.2) is 5.96 Å². The third kappa shape index (κ3) is 6.30. The van der Waals surface area contributed by atoms with Crippen LogP contribution in [0.5, 0.6) is 0 Å². The molecule has 0 radical (unpaired) electrons. The third-order valence-corrected chi connectivity index (χ3v) is 7.93. The van der Waals surface area contributed by atoms with E-state index in [1.165, 1.54) is 11.1 Å². The molecule has 1 aromatic rings. The molecule has 1 amide bonds. The molecule has 1 fully saturated rings. The maximum absolute atomic E-state index is 12.6. The number of carbonyl (C=O) groups excluding carboxylic acids is 1. The predicted octanol–water partition coefficient (Wildman–Crippen LogP) is 2.60. The van der Waals surface area contributed by atoms with E-state index in [-0.39, 0.29) is 5.91 Å². The van der Waals surface area contributed by atoms with E-state index in [9.17, 15) is 9.00 Å². The van der Waals surface area contributed by atoms with Crippen molar-refractivity contribution in [3.05, 3.63) is 35.4 Å². The van der Waals surface area contributed by atoms with Crippen LogP contribution in [0.15, 0.2) is 29.3 Å². The SMILES string of the molecule is CCS(=O)C1CCCC(NC(=NC)NCCCC(=O)N2CCc3ccccc3C2)C1. The molecule has 7 heteroatoms. The average Bonchev–Trinajstić information content (AvgIpc) is 2.80. The molecule has 0 saturated heterocycles. The molecule has 3 rings (SSSR count). The van der Waals surface area contributed by atoms with Crippen LogP contribution in [0, 0.1) is 0 Å². The highest BCUT2D eigenvalue weighted by Crippen LogP contribution is 2.23. The van der Waals surface area contributed by atoms with E-state index >= 15 is 0 Å². The zero-order valence-corrected chi connectivity index (χ0v) is 19.2. The van der Waals surface area contributed by atoms with Crippen LogP contribution in [-0.2, 0) is 28.6 Å². The van der Waals surface area contributed by atoms with Crippen molar-refractivity contribution in [1.82, 2.24) is 15.5 Å². The molecule has 3 unspecified atom stereocenters. The van der Waals surface area contributed by atoms with Gasteiger partial charge < -0.3 is 15.5 Å². The number of nitrogens with zero attached hydrogens (tertiary/aromatic N) is 2. The number of rotatable bonds is 7. The van der Waals surface area contributed by atoms with Crippen molar-refractivity contribution < 1.29 is 9.00 Å². The van der Waals surface area contributed by atoms with Gasteiger partial charge >= 0.3 is 0 Å². The van der Waals surface area contributed by atoms with Crippen molar-refractivity contribution in [1.29, 1.82) is 0 Å². The summed E-state index contributed by atoms with van der Waals surface area (Å²) in [5.74, 6) is 1.75. The van der Waals surface area contributed by atoms with Gasteiger partial charge in [-0.2, -0.15) is 0 Å². The van der Waals surface area contributed by atoms with Gasteiger partial charge in [0.1, 0.15) is 0 Å². The van der Waals surface area contributed by atoms with Crippen LogP contribution in [0.1, 0.15) is 56.6 Å². The van der Waals surface area contributed by atoms with Crippen molar-refractivity contribution in [2.24, 2.45) is 4.99 Å². The smallest absolute Gasteiger partial charge is 0.222 e. The van der Waals surface area contributed by atoms with Crippen LogP contribution in [-0.4, -0.2) is 58.2 Å². The molecule has 1 aromatic carbocycles. The van der Waals surface area contributed by atoms with Gasteiger partial charge in [0.2, 0.25) is 5.91 Å². The van der Waals surface area contributed by atoms with E-state index in [4.69, 9.17) is 0 Å². The van der Waals surface area contributed by atoms with Crippen LogP contribution < -0.4 is 10.6 Å². The number of fused-ring (bicyclic) bond motifs is 1. The molecule has 6 nitrogen and oxygen atoms in total. The van der Waals surface area contributed by atoms with Crippen molar-refractivity contribution in [3.63, 3.8) is 0 Å². The number of hydrogen-bond donors (Lipinski definition) is 2. The van der Waals surface area contributed by atoms with Gasteiger partial charge in [0, 0.05) is 60.9 Å². The first-order valence-electron chi connectivity index (χ1n) is 11.3. The molecule has 1 aliphatic heterocycles. The second-order valence-corrected chi connectivity index (χ2v) is 10.2. The number of hydrogen-bond acceptors (Lipinski definition) is 3. The van der Waals surface area contributed by atoms with Gasteiger partial charge in [0.25, 0.3) is 0 Å². The summed E-state index contributed by atoms with van der Waals surface area (Å²) in [6.07, 6.45) is 6.48. The van der Waals surface area contributed by atoms with Gasteiger partial charge in [-0.15, -0.1) is 0 Å². The fourth-order valence-corrected chi connectivity index (χ4v) is 5.80. The fourth-order valence-electron chi connectivity index (χ4n) is 4.45. The molecule has 166 valence electrons. The van der Waals surface area contributed by atoms with E-state index in [0.717, 1.165) is 63.3 Å². The number of guanidine groups is 1. The van der Waals surface area contributed by atoms with Gasteiger partial charge in [-0.25, -0.2) is 0 Å². The standard InChI is InChI=1S/C23H36N4O2S/c1-3-30(29)21-11-6-10-20(16-21)26-23(24-2)25-14-7-12-22(28)27-15-13-18-8-4-5-9-19(18)17-27/h4-5,8-9,20-21H,3,6-7,10-17H2,1-2H3,(H2,24,25,26). The molecule has 0 spiro atoms. The lowest BCUT2D eigenvalue weighted by Crippen LogP contribution is -2.47. The molecule has 2 aliphatic rings. The Balaban J connectivity index is 1.37. The Kier molecular flexibility index (Phi) is 8.73. The second-order valence-electron chi connectivity index (χ2n) is 8.24. The Morgan fingerprint density at radius 3 is 2.83 bits per heavy atom. The van der Waals surface area contributed by atoms with Crippen LogP contribution in [0.25, 0.3) is 0 Å². The summed E-state index contributed by atoms with van der Waals surface area (Å²) >= 11 is 0. The minimum atomic E-state index is -0.722. The van der Waals surface area contributed by atoms with Gasteiger partial charge in [-0.1, -0.05) is 37.6 Å². The van der Waals surface area contributed by atoms with Crippen LogP contribution in [0.4, 0.5) is 0 Å². The monoisotopic (exact) mass is 432 g/mol. The first-order chi connectivity index (χ1) is 14.6. The average molecular weight is 433 g/mol. The first-order valence-corrected chi connectivity index (χ1v) is 12.7. The van der Waals surface area contributed by atoms with E-state index < -0.39 is 10.8 Å². The molecule has 1 aliphatic carbocycles. The molecular weight excluding hydrogens is 396 g/mol. The van der Waals surface area contributed by atoms with E-state index in [1.54, 1.807) is 7.05 Å². The van der Waals surface area contributed by atoms with Gasteiger partial charge in [0.05, 0.1) is 0 Å². The molecule has 0 bridgehead atoms. The summed E-state index contributed by atoms with van der Waals surface area (Å²) < 4.78 is 12.1. The lowest BCUT2D eigenvalue weighted by atomic mass is 9.95. The topological polar surface area (TPSA) is 73.8 Å². The Labute approximate surface area is 183 Å². The maximum atomic E-state index is 12.6. The Hall–Kier alpha value is -1.89. The fraction of sp³-hybridized carbons (Fsp3) is 0.652. The predicted molar refractivity (Wildman–Crippen MR) is 124 cm³/mol. The first kappa shape index (κ1) is 22.8. The van der Waals surface area contributed by atoms with E-state index in [1.807, 2.05) is 17.9 Å². The highest BCUT2D eigenvalue weighted by atomic mass is 32.2. The molecule has 1 heterocycles. The summed E-state index contributed by atoms with van der Waals surface area (Å²) in [6.45, 7) is 4.26.